The molecule has 0 heterocycles. The number of benzene rings is 1. The molecule has 0 aromatic heterocycles. The van der Waals surface area contributed by atoms with Gasteiger partial charge in [-0.15, -0.1) is 0 Å². The minimum absolute atomic E-state index is 0.158. The van der Waals surface area contributed by atoms with E-state index in [1.165, 1.54) is 12.1 Å². The van der Waals surface area contributed by atoms with E-state index in [2.05, 4.69) is 6.92 Å². The molecule has 1 saturated carbocycles. The summed E-state index contributed by atoms with van der Waals surface area (Å²) in [7, 11) is 0. The Morgan fingerprint density at radius 2 is 2.19 bits per heavy atom. The van der Waals surface area contributed by atoms with Gasteiger partial charge >= 0.3 is 0 Å². The maximum atomic E-state index is 13.8. The molecule has 87 valence electrons. The Bertz CT molecular complexity index is 348. The van der Waals surface area contributed by atoms with Gasteiger partial charge in [-0.1, -0.05) is 25.5 Å². The van der Waals surface area contributed by atoms with E-state index in [0.717, 1.165) is 24.8 Å². The van der Waals surface area contributed by atoms with Gasteiger partial charge in [-0.2, -0.15) is 0 Å². The van der Waals surface area contributed by atoms with Gasteiger partial charge in [-0.25, -0.2) is 8.78 Å². The first-order valence-electron chi connectivity index (χ1n) is 5.93. The lowest BCUT2D eigenvalue weighted by molar-refractivity contribution is 0.226. The van der Waals surface area contributed by atoms with Crippen molar-refractivity contribution in [2.24, 2.45) is 5.92 Å². The zero-order valence-electron chi connectivity index (χ0n) is 9.50. The van der Waals surface area contributed by atoms with Crippen LogP contribution in [0.2, 0.25) is 0 Å². The monoisotopic (exact) mass is 223 g/mol. The first-order valence-corrected chi connectivity index (χ1v) is 5.93. The van der Waals surface area contributed by atoms with Gasteiger partial charge in [0.15, 0.2) is 0 Å². The summed E-state index contributed by atoms with van der Waals surface area (Å²) in [6.07, 6.45) is 3.56. The molecule has 0 amide bonds. The Morgan fingerprint density at radius 3 is 2.88 bits per heavy atom. The summed E-state index contributed by atoms with van der Waals surface area (Å²) in [6, 6.07) is 6.35. The van der Waals surface area contributed by atoms with Crippen LogP contribution in [0.25, 0.3) is 0 Å². The highest BCUT2D eigenvalue weighted by atomic mass is 19.1. The molecule has 16 heavy (non-hydrogen) atoms. The lowest BCUT2D eigenvalue weighted by Crippen LogP contribution is -2.24. The molecular formula is C14H17F2. The topological polar surface area (TPSA) is 0 Å². The van der Waals surface area contributed by atoms with Crippen molar-refractivity contribution in [3.63, 3.8) is 0 Å². The third-order valence-corrected chi connectivity index (χ3v) is 3.52. The number of rotatable bonds is 2. The molecule has 1 aliphatic rings. The normalized spacial score (nSPS) is 30.3. The first kappa shape index (κ1) is 11.6. The second kappa shape index (κ2) is 4.94. The summed E-state index contributed by atoms with van der Waals surface area (Å²) in [5, 5.41) is 0. The Labute approximate surface area is 95.7 Å². The molecule has 1 aliphatic carbocycles. The molecule has 2 heteroatoms. The van der Waals surface area contributed by atoms with Crippen LogP contribution in [0.5, 0.6) is 0 Å². The molecule has 0 bridgehead atoms. The highest BCUT2D eigenvalue weighted by Gasteiger charge is 2.31. The van der Waals surface area contributed by atoms with Crippen molar-refractivity contribution in [1.29, 1.82) is 0 Å². The van der Waals surface area contributed by atoms with Gasteiger partial charge in [0.2, 0.25) is 0 Å². The molecule has 1 fully saturated rings. The van der Waals surface area contributed by atoms with Crippen LogP contribution in [-0.2, 0) is 0 Å². The van der Waals surface area contributed by atoms with Crippen LogP contribution in [0.15, 0.2) is 24.3 Å². The number of alkyl halides is 1. The SMILES string of the molecule is CCC1C[CH]C(F)C(c2cccc(F)c2)C1. The van der Waals surface area contributed by atoms with Gasteiger partial charge in [0.05, 0.1) is 0 Å². The standard InChI is InChI=1S/C14H17F2/c1-2-10-6-7-14(16)13(8-10)11-4-3-5-12(15)9-11/h3-5,7,9-10,13-14H,2,6,8H2,1H3. The van der Waals surface area contributed by atoms with E-state index in [0.29, 0.717) is 5.92 Å². The van der Waals surface area contributed by atoms with Gasteiger partial charge in [0, 0.05) is 5.92 Å². The van der Waals surface area contributed by atoms with Gasteiger partial charge in [-0.3, -0.25) is 0 Å². The van der Waals surface area contributed by atoms with Crippen LogP contribution in [0.1, 0.15) is 37.7 Å². The lowest BCUT2D eigenvalue weighted by atomic mass is 9.76. The van der Waals surface area contributed by atoms with Crippen molar-refractivity contribution in [2.45, 2.75) is 38.3 Å². The average molecular weight is 223 g/mol. The number of hydrogen-bond donors (Lipinski definition) is 0. The molecule has 0 saturated heterocycles. The van der Waals surface area contributed by atoms with E-state index in [1.807, 2.05) is 6.07 Å². The third kappa shape index (κ3) is 2.42. The van der Waals surface area contributed by atoms with Crippen molar-refractivity contribution in [1.82, 2.24) is 0 Å². The molecule has 3 unspecified atom stereocenters. The largest absolute Gasteiger partial charge is 0.247 e. The molecular weight excluding hydrogens is 206 g/mol. The Hall–Kier alpha value is -0.920. The Morgan fingerprint density at radius 1 is 1.38 bits per heavy atom. The van der Waals surface area contributed by atoms with Crippen molar-refractivity contribution in [3.8, 4) is 0 Å². The average Bonchev–Trinajstić information content (AvgIpc) is 2.30. The summed E-state index contributed by atoms with van der Waals surface area (Å²) in [4.78, 5) is 0. The summed E-state index contributed by atoms with van der Waals surface area (Å²) in [5.74, 6) is 0.109. The Balaban J connectivity index is 2.17. The quantitative estimate of drug-likeness (QED) is 0.702. The minimum Gasteiger partial charge on any atom is -0.247 e. The summed E-state index contributed by atoms with van der Waals surface area (Å²) < 4.78 is 26.9. The molecule has 1 radical (unpaired) electrons. The highest BCUT2D eigenvalue weighted by Crippen LogP contribution is 2.38. The van der Waals surface area contributed by atoms with E-state index >= 15 is 0 Å². The van der Waals surface area contributed by atoms with E-state index in [9.17, 15) is 8.78 Å². The molecule has 0 spiro atoms. The molecule has 3 atom stereocenters. The van der Waals surface area contributed by atoms with Crippen LogP contribution in [0, 0.1) is 18.2 Å². The van der Waals surface area contributed by atoms with Crippen LogP contribution in [-0.4, -0.2) is 6.17 Å². The van der Waals surface area contributed by atoms with Crippen molar-refractivity contribution in [2.75, 3.05) is 0 Å². The van der Waals surface area contributed by atoms with Gasteiger partial charge in [0.25, 0.3) is 0 Å². The summed E-state index contributed by atoms with van der Waals surface area (Å²) in [6.45, 7) is 2.12. The van der Waals surface area contributed by atoms with Gasteiger partial charge < -0.3 is 0 Å². The summed E-state index contributed by atoms with van der Waals surface area (Å²) >= 11 is 0. The lowest BCUT2D eigenvalue weighted by Gasteiger charge is -2.31. The van der Waals surface area contributed by atoms with E-state index in [4.69, 9.17) is 0 Å². The van der Waals surface area contributed by atoms with Gasteiger partial charge in [0.1, 0.15) is 12.0 Å². The van der Waals surface area contributed by atoms with Crippen molar-refractivity contribution in [3.05, 3.63) is 42.1 Å². The predicted molar refractivity (Wildman–Crippen MR) is 61.4 cm³/mol. The fourth-order valence-electron chi connectivity index (χ4n) is 2.46. The maximum absolute atomic E-state index is 13.8. The second-order valence-electron chi connectivity index (χ2n) is 4.59. The van der Waals surface area contributed by atoms with Crippen LogP contribution in [0.3, 0.4) is 0 Å². The molecule has 0 aliphatic heterocycles. The molecule has 0 N–H and O–H groups in total. The zero-order valence-corrected chi connectivity index (χ0v) is 9.50. The van der Waals surface area contributed by atoms with Crippen molar-refractivity contribution < 1.29 is 8.78 Å². The Kier molecular flexibility index (Phi) is 3.57. The number of halogens is 2. The maximum Gasteiger partial charge on any atom is 0.123 e. The smallest absolute Gasteiger partial charge is 0.123 e. The van der Waals surface area contributed by atoms with E-state index < -0.39 is 6.17 Å². The molecule has 2 rings (SSSR count). The molecule has 1 aromatic carbocycles. The van der Waals surface area contributed by atoms with E-state index in [-0.39, 0.29) is 11.7 Å². The summed E-state index contributed by atoms with van der Waals surface area (Å²) in [5.41, 5.74) is 0.793. The van der Waals surface area contributed by atoms with Crippen molar-refractivity contribution >= 4 is 0 Å². The van der Waals surface area contributed by atoms with Gasteiger partial charge in [-0.05, 0) is 42.9 Å². The third-order valence-electron chi connectivity index (χ3n) is 3.52. The van der Waals surface area contributed by atoms with Crippen LogP contribution in [0.4, 0.5) is 8.78 Å². The van der Waals surface area contributed by atoms with Crippen LogP contribution < -0.4 is 0 Å². The number of hydrogen-bond acceptors (Lipinski definition) is 0. The zero-order chi connectivity index (χ0) is 11.5. The second-order valence-corrected chi connectivity index (χ2v) is 4.59. The van der Waals surface area contributed by atoms with E-state index in [1.54, 1.807) is 12.5 Å². The molecule has 1 aromatic rings. The molecule has 0 nitrogen and oxygen atoms in total. The fourth-order valence-corrected chi connectivity index (χ4v) is 2.46. The fraction of sp³-hybridized carbons (Fsp3) is 0.500. The highest BCUT2D eigenvalue weighted by molar-refractivity contribution is 5.24. The first-order chi connectivity index (χ1) is 7.70. The van der Waals surface area contributed by atoms with Crippen LogP contribution >= 0.6 is 0 Å². The predicted octanol–water partition coefficient (Wildman–Crippen LogP) is 4.27. The minimum atomic E-state index is -0.926.